The van der Waals surface area contributed by atoms with Gasteiger partial charge in [-0.2, -0.15) is 0 Å². The number of allylic oxidation sites excluding steroid dienone is 5. The molecule has 0 spiro atoms. The Bertz CT molecular complexity index is 1040. The van der Waals surface area contributed by atoms with Gasteiger partial charge in [0.05, 0.1) is 6.10 Å². The van der Waals surface area contributed by atoms with Gasteiger partial charge >= 0.3 is 5.97 Å². The highest BCUT2D eigenvalue weighted by Gasteiger charge is 2.70. The average Bonchev–Trinajstić information content (AvgIpc) is 3.08. The van der Waals surface area contributed by atoms with Crippen molar-refractivity contribution in [3.8, 4) is 0 Å². The number of ketones is 1. The van der Waals surface area contributed by atoms with Crippen molar-refractivity contribution in [1.82, 2.24) is 0 Å². The Labute approximate surface area is 224 Å². The van der Waals surface area contributed by atoms with E-state index in [0.29, 0.717) is 29.7 Å². The zero-order valence-corrected chi connectivity index (χ0v) is 24.3. The number of hydrogen-bond acceptors (Lipinski definition) is 5. The molecular weight excluding hydrogens is 462 g/mol. The van der Waals surface area contributed by atoms with Gasteiger partial charge in [0.15, 0.2) is 5.78 Å². The van der Waals surface area contributed by atoms with Crippen LogP contribution >= 0.6 is 0 Å². The third-order valence-electron chi connectivity index (χ3n) is 11.5. The number of fused-ring (bicyclic) bond motifs is 5. The molecule has 4 aliphatic carbocycles. The Balaban J connectivity index is 1.86. The second-order valence-corrected chi connectivity index (χ2v) is 13.7. The summed E-state index contributed by atoms with van der Waals surface area (Å²) in [5.74, 6) is 0.843. The fraction of sp³-hybridized carbons (Fsp3) is 0.750. The molecule has 0 aromatic rings. The van der Waals surface area contributed by atoms with Crippen molar-refractivity contribution < 1.29 is 19.4 Å². The van der Waals surface area contributed by atoms with Gasteiger partial charge in [0.25, 0.3) is 0 Å². The molecule has 4 aliphatic rings. The molecule has 0 unspecified atom stereocenters. The lowest BCUT2D eigenvalue weighted by atomic mass is 9.36. The summed E-state index contributed by atoms with van der Waals surface area (Å²) in [6.45, 7) is 16.6. The lowest BCUT2D eigenvalue weighted by Gasteiger charge is -2.68. The van der Waals surface area contributed by atoms with Gasteiger partial charge < -0.3 is 15.6 Å². The molecule has 37 heavy (non-hydrogen) atoms. The molecule has 10 atom stereocenters. The van der Waals surface area contributed by atoms with Crippen LogP contribution in [0.15, 0.2) is 34.9 Å². The molecule has 0 aromatic heterocycles. The number of aliphatic hydroxyl groups is 1. The number of ether oxygens (including phenoxy) is 1. The molecule has 0 radical (unpaired) electrons. The summed E-state index contributed by atoms with van der Waals surface area (Å²) < 4.78 is 5.99. The van der Waals surface area contributed by atoms with E-state index in [0.717, 1.165) is 43.3 Å². The van der Waals surface area contributed by atoms with Gasteiger partial charge in [-0.15, -0.1) is 0 Å². The smallest absolute Gasteiger partial charge is 0.303 e. The third-order valence-corrected chi connectivity index (χ3v) is 11.5. The van der Waals surface area contributed by atoms with E-state index < -0.39 is 6.10 Å². The number of nitrogens with two attached hydrogens (primary N) is 1. The molecule has 3 N–H and O–H groups in total. The van der Waals surface area contributed by atoms with Crippen molar-refractivity contribution in [2.24, 2.45) is 45.7 Å². The maximum absolute atomic E-state index is 13.1. The molecule has 0 amide bonds. The first-order chi connectivity index (χ1) is 17.2. The summed E-state index contributed by atoms with van der Waals surface area (Å²) in [5, 5.41) is 10.7. The van der Waals surface area contributed by atoms with Gasteiger partial charge in [-0.3, -0.25) is 9.59 Å². The summed E-state index contributed by atoms with van der Waals surface area (Å²) in [6, 6.07) is -0.123. The fourth-order valence-corrected chi connectivity index (χ4v) is 9.64. The highest BCUT2D eigenvalue weighted by atomic mass is 16.5. The predicted octanol–water partition coefficient (Wildman–Crippen LogP) is 5.91. The number of carbonyl (C=O) groups excluding carboxylic acids is 2. The Morgan fingerprint density at radius 2 is 1.73 bits per heavy atom. The van der Waals surface area contributed by atoms with Gasteiger partial charge in [0.1, 0.15) is 6.10 Å². The van der Waals surface area contributed by atoms with Crippen LogP contribution in [0.5, 0.6) is 0 Å². The molecule has 0 aromatic carbocycles. The molecule has 4 rings (SSSR count). The van der Waals surface area contributed by atoms with E-state index in [1.165, 1.54) is 6.92 Å². The summed E-state index contributed by atoms with van der Waals surface area (Å²) in [4.78, 5) is 25.3. The third kappa shape index (κ3) is 4.38. The van der Waals surface area contributed by atoms with Gasteiger partial charge in [-0.1, -0.05) is 51.5 Å². The Morgan fingerprint density at radius 1 is 1.05 bits per heavy atom. The van der Waals surface area contributed by atoms with Crippen molar-refractivity contribution in [3.63, 3.8) is 0 Å². The minimum absolute atomic E-state index is 0.00747. The zero-order chi connectivity index (χ0) is 27.5. The molecule has 5 nitrogen and oxygen atoms in total. The minimum atomic E-state index is -0.443. The molecule has 5 heteroatoms. The average molecular weight is 512 g/mol. The number of esters is 1. The van der Waals surface area contributed by atoms with E-state index in [2.05, 4.69) is 27.7 Å². The summed E-state index contributed by atoms with van der Waals surface area (Å²) in [6.07, 6.45) is 10.8. The maximum atomic E-state index is 13.1. The van der Waals surface area contributed by atoms with Crippen LogP contribution in [0.2, 0.25) is 0 Å². The summed E-state index contributed by atoms with van der Waals surface area (Å²) in [7, 11) is 0. The van der Waals surface area contributed by atoms with Crippen molar-refractivity contribution in [3.05, 3.63) is 34.9 Å². The molecule has 4 saturated carbocycles. The largest absolute Gasteiger partial charge is 0.458 e. The van der Waals surface area contributed by atoms with E-state index in [4.69, 9.17) is 10.5 Å². The van der Waals surface area contributed by atoms with E-state index in [1.54, 1.807) is 6.92 Å². The van der Waals surface area contributed by atoms with Crippen LogP contribution < -0.4 is 5.73 Å². The molecule has 4 fully saturated rings. The molecule has 0 bridgehead atoms. The lowest BCUT2D eigenvalue weighted by molar-refractivity contribution is -0.201. The first kappa shape index (κ1) is 28.3. The Kier molecular flexibility index (Phi) is 7.48. The Hall–Kier alpha value is -1.72. The van der Waals surface area contributed by atoms with Crippen LogP contribution in [0.3, 0.4) is 0 Å². The summed E-state index contributed by atoms with van der Waals surface area (Å²) in [5.41, 5.74) is 9.77. The lowest BCUT2D eigenvalue weighted by Crippen LogP contribution is -2.65. The molecule has 0 aliphatic heterocycles. The van der Waals surface area contributed by atoms with Crippen LogP contribution in [0.25, 0.3) is 0 Å². The molecular formula is C32H49NO4. The van der Waals surface area contributed by atoms with E-state index in [-0.39, 0.29) is 46.1 Å². The first-order valence-electron chi connectivity index (χ1n) is 14.3. The van der Waals surface area contributed by atoms with Gasteiger partial charge in [0, 0.05) is 24.5 Å². The maximum Gasteiger partial charge on any atom is 0.303 e. The number of rotatable bonds is 4. The van der Waals surface area contributed by atoms with Crippen molar-refractivity contribution >= 4 is 11.8 Å². The first-order valence-corrected chi connectivity index (χ1v) is 14.3. The highest BCUT2D eigenvalue weighted by Crippen LogP contribution is 2.74. The summed E-state index contributed by atoms with van der Waals surface area (Å²) >= 11 is 0. The predicted molar refractivity (Wildman–Crippen MR) is 147 cm³/mol. The van der Waals surface area contributed by atoms with Crippen molar-refractivity contribution in [2.75, 3.05) is 0 Å². The molecule has 0 heterocycles. The van der Waals surface area contributed by atoms with Crippen LogP contribution in [0, 0.1) is 39.9 Å². The zero-order valence-electron chi connectivity index (χ0n) is 24.3. The van der Waals surface area contributed by atoms with E-state index in [1.807, 2.05) is 32.1 Å². The van der Waals surface area contributed by atoms with E-state index >= 15 is 0 Å². The second kappa shape index (κ2) is 9.79. The minimum Gasteiger partial charge on any atom is -0.458 e. The van der Waals surface area contributed by atoms with E-state index in [9.17, 15) is 14.7 Å². The van der Waals surface area contributed by atoms with Crippen LogP contribution in [-0.2, 0) is 14.3 Å². The second-order valence-electron chi connectivity index (χ2n) is 13.7. The number of carbonyl (C=O) groups is 2. The highest BCUT2D eigenvalue weighted by molar-refractivity contribution is 5.97. The van der Waals surface area contributed by atoms with Crippen molar-refractivity contribution in [1.29, 1.82) is 0 Å². The van der Waals surface area contributed by atoms with Gasteiger partial charge in [-0.05, 0) is 98.9 Å². The van der Waals surface area contributed by atoms with Gasteiger partial charge in [0.2, 0.25) is 0 Å². The fourth-order valence-electron chi connectivity index (χ4n) is 9.64. The topological polar surface area (TPSA) is 89.6 Å². The normalized spacial score (nSPS) is 46.5. The SMILES string of the molecule is CC(=O)O[C@H]1C[C@@]2(C)[C@H](/C1=C(\C=C/C=C(C)C)C(C)=O)[C@@H](N)C[C@H]1[C@@]3(C)CC[C@@H](O)[C@@H](C)[C@@H]3CC[C@@]12C. The van der Waals surface area contributed by atoms with Crippen LogP contribution in [0.4, 0.5) is 0 Å². The molecule has 0 saturated heterocycles. The molecule has 206 valence electrons. The Morgan fingerprint density at radius 3 is 2.32 bits per heavy atom. The van der Waals surface area contributed by atoms with Crippen LogP contribution in [-0.4, -0.2) is 35.1 Å². The number of Topliss-reactive ketones (excluding diaryl/α,β-unsaturated/α-hetero) is 1. The number of aliphatic hydroxyl groups excluding tert-OH is 1. The standard InChI is InChI=1S/C32H49NO4/c1-18(2)10-9-11-22(20(4)34)28-26(37-21(5)35)17-32(8)29(28)24(33)16-27-30(6)14-13-25(36)19(3)23(30)12-15-31(27,32)7/h9-11,19,23-27,29,36H,12-17,33H2,1-8H3/b11-9-,28-22+/t19-,23-,24-,25+,26-,27-,29-,30-,31-,32-/m0/s1. The van der Waals surface area contributed by atoms with Crippen molar-refractivity contribution in [2.45, 2.75) is 112 Å². The number of hydrogen-bond donors (Lipinski definition) is 2. The van der Waals surface area contributed by atoms with Gasteiger partial charge in [-0.25, -0.2) is 0 Å². The quantitative estimate of drug-likeness (QED) is 0.278. The van der Waals surface area contributed by atoms with Crippen LogP contribution in [0.1, 0.15) is 93.9 Å². The monoisotopic (exact) mass is 511 g/mol.